The molecule has 0 saturated carbocycles. The van der Waals surface area contributed by atoms with Crippen LogP contribution < -0.4 is 5.43 Å². The summed E-state index contributed by atoms with van der Waals surface area (Å²) in [5.41, 5.74) is 3.62. The molecule has 114 valence electrons. The summed E-state index contributed by atoms with van der Waals surface area (Å²) >= 11 is 0. The molecule has 2 rings (SSSR count). The van der Waals surface area contributed by atoms with E-state index in [1.165, 1.54) is 0 Å². The lowest BCUT2D eigenvalue weighted by atomic mass is 9.88. The van der Waals surface area contributed by atoms with E-state index in [-0.39, 0.29) is 17.6 Å². The predicted octanol–water partition coefficient (Wildman–Crippen LogP) is 1.92. The second kappa shape index (κ2) is 6.68. The predicted molar refractivity (Wildman–Crippen MR) is 79.7 cm³/mol. The Balaban J connectivity index is 1.88. The van der Waals surface area contributed by atoms with Crippen molar-refractivity contribution in [3.8, 4) is 0 Å². The monoisotopic (exact) mass is 281 g/mol. The third-order valence-corrected chi connectivity index (χ3v) is 4.38. The maximum Gasteiger partial charge on any atom is 0.240 e. The number of carbonyl (C=O) groups excluding carboxylic acids is 1. The first-order valence-corrected chi connectivity index (χ1v) is 7.76. The second-order valence-electron chi connectivity index (χ2n) is 6.16. The summed E-state index contributed by atoms with van der Waals surface area (Å²) in [4.78, 5) is 13.9. The minimum absolute atomic E-state index is 0.0101. The Bertz CT molecular complexity index is 373. The number of carbonyl (C=O) groups is 1. The Morgan fingerprint density at radius 3 is 2.85 bits per heavy atom. The lowest BCUT2D eigenvalue weighted by Gasteiger charge is -2.36. The van der Waals surface area contributed by atoms with Crippen molar-refractivity contribution in [1.29, 1.82) is 0 Å². The van der Waals surface area contributed by atoms with Crippen LogP contribution in [0.2, 0.25) is 0 Å². The summed E-state index contributed by atoms with van der Waals surface area (Å²) in [6, 6.07) is 0. The van der Waals surface area contributed by atoms with Gasteiger partial charge >= 0.3 is 0 Å². The Kier molecular flexibility index (Phi) is 5.16. The maximum absolute atomic E-state index is 11.6. The summed E-state index contributed by atoms with van der Waals surface area (Å²) in [5.74, 6) is 0.0101. The van der Waals surface area contributed by atoms with Crippen molar-refractivity contribution in [2.24, 2.45) is 5.10 Å². The highest BCUT2D eigenvalue weighted by molar-refractivity contribution is 5.92. The number of rotatable bonds is 4. The van der Waals surface area contributed by atoms with Crippen LogP contribution in [0.4, 0.5) is 0 Å². The summed E-state index contributed by atoms with van der Waals surface area (Å²) in [5, 5.41) is 4.30. The van der Waals surface area contributed by atoms with Crippen molar-refractivity contribution < 1.29 is 9.53 Å². The van der Waals surface area contributed by atoms with E-state index >= 15 is 0 Å². The molecule has 2 aliphatic rings. The first-order chi connectivity index (χ1) is 9.54. The molecule has 1 spiro atoms. The summed E-state index contributed by atoms with van der Waals surface area (Å²) in [7, 11) is 2.15. The van der Waals surface area contributed by atoms with Gasteiger partial charge in [0.25, 0.3) is 0 Å². The smallest absolute Gasteiger partial charge is 0.240 e. The molecule has 5 nitrogen and oxygen atoms in total. The van der Waals surface area contributed by atoms with Crippen molar-refractivity contribution in [3.63, 3.8) is 0 Å². The van der Waals surface area contributed by atoms with Crippen LogP contribution in [-0.4, -0.2) is 48.4 Å². The Labute approximate surface area is 121 Å². The number of hydrogen-bond acceptors (Lipinski definition) is 4. The van der Waals surface area contributed by atoms with Gasteiger partial charge in [-0.25, -0.2) is 5.43 Å². The molecule has 0 bridgehead atoms. The van der Waals surface area contributed by atoms with Crippen molar-refractivity contribution >= 4 is 11.6 Å². The van der Waals surface area contributed by atoms with Crippen LogP contribution in [0.15, 0.2) is 5.10 Å². The number of unbranched alkanes of at least 4 members (excludes halogenated alkanes) is 1. The molecule has 1 amide bonds. The number of nitrogens with one attached hydrogen (secondary N) is 1. The zero-order valence-corrected chi connectivity index (χ0v) is 12.9. The van der Waals surface area contributed by atoms with Crippen molar-refractivity contribution in [2.45, 2.75) is 64.1 Å². The molecule has 0 aliphatic carbocycles. The molecular weight excluding hydrogens is 254 g/mol. The van der Waals surface area contributed by atoms with Gasteiger partial charge in [-0.15, -0.1) is 0 Å². The summed E-state index contributed by atoms with van der Waals surface area (Å²) in [6.07, 6.45) is 5.48. The van der Waals surface area contributed by atoms with E-state index in [0.717, 1.165) is 50.9 Å². The van der Waals surface area contributed by atoms with Crippen LogP contribution in [0, 0.1) is 0 Å². The molecule has 20 heavy (non-hydrogen) atoms. The number of nitrogens with zero attached hydrogens (tertiary/aromatic N) is 2. The zero-order valence-electron chi connectivity index (χ0n) is 12.9. The minimum Gasteiger partial charge on any atom is -0.366 e. The average molecular weight is 281 g/mol. The van der Waals surface area contributed by atoms with Gasteiger partial charge in [-0.3, -0.25) is 4.79 Å². The van der Waals surface area contributed by atoms with Crippen LogP contribution in [0.5, 0.6) is 0 Å². The third-order valence-electron chi connectivity index (χ3n) is 4.38. The highest BCUT2D eigenvalue weighted by atomic mass is 16.5. The molecule has 0 aromatic rings. The lowest BCUT2D eigenvalue weighted by Crippen LogP contribution is -2.42. The average Bonchev–Trinajstić information content (AvgIpc) is 2.74. The van der Waals surface area contributed by atoms with Gasteiger partial charge < -0.3 is 9.64 Å². The number of piperidine rings is 1. The fourth-order valence-electron chi connectivity index (χ4n) is 2.94. The SMILES string of the molecule is CCCCC(=O)N/N=C1\CC2(CCN(C)CC2)OC1C. The first-order valence-electron chi connectivity index (χ1n) is 7.76. The Hall–Kier alpha value is -0.940. The normalized spacial score (nSPS) is 28.1. The molecule has 2 fully saturated rings. The highest BCUT2D eigenvalue weighted by Gasteiger charge is 2.44. The Morgan fingerprint density at radius 1 is 1.50 bits per heavy atom. The van der Waals surface area contributed by atoms with Gasteiger partial charge in [0.1, 0.15) is 0 Å². The van der Waals surface area contributed by atoms with Crippen molar-refractivity contribution in [2.75, 3.05) is 20.1 Å². The van der Waals surface area contributed by atoms with E-state index < -0.39 is 0 Å². The van der Waals surface area contributed by atoms with Gasteiger partial charge in [0.2, 0.25) is 5.91 Å². The summed E-state index contributed by atoms with van der Waals surface area (Å²) in [6.45, 7) is 6.26. The van der Waals surface area contributed by atoms with Gasteiger partial charge in [0, 0.05) is 25.9 Å². The zero-order chi connectivity index (χ0) is 14.6. The quantitative estimate of drug-likeness (QED) is 0.801. The molecule has 2 heterocycles. The van der Waals surface area contributed by atoms with Gasteiger partial charge in [-0.2, -0.15) is 5.10 Å². The first kappa shape index (κ1) is 15.4. The van der Waals surface area contributed by atoms with Gasteiger partial charge in [0.05, 0.1) is 17.4 Å². The van der Waals surface area contributed by atoms with E-state index in [0.29, 0.717) is 6.42 Å². The molecule has 5 heteroatoms. The van der Waals surface area contributed by atoms with E-state index in [9.17, 15) is 4.79 Å². The molecule has 0 aromatic carbocycles. The number of hydrazone groups is 1. The maximum atomic E-state index is 11.6. The van der Waals surface area contributed by atoms with E-state index in [1.807, 2.05) is 6.92 Å². The van der Waals surface area contributed by atoms with Gasteiger partial charge in [-0.1, -0.05) is 13.3 Å². The van der Waals surface area contributed by atoms with Crippen LogP contribution in [-0.2, 0) is 9.53 Å². The lowest BCUT2D eigenvalue weighted by molar-refractivity contribution is -0.121. The van der Waals surface area contributed by atoms with E-state index in [1.54, 1.807) is 0 Å². The minimum atomic E-state index is -0.0428. The molecular formula is C15H27N3O2. The van der Waals surface area contributed by atoms with Gasteiger partial charge in [0.15, 0.2) is 0 Å². The number of amides is 1. The molecule has 2 saturated heterocycles. The van der Waals surface area contributed by atoms with Crippen molar-refractivity contribution in [3.05, 3.63) is 0 Å². The molecule has 0 radical (unpaired) electrons. The second-order valence-corrected chi connectivity index (χ2v) is 6.16. The van der Waals surface area contributed by atoms with Crippen LogP contribution >= 0.6 is 0 Å². The van der Waals surface area contributed by atoms with E-state index in [2.05, 4.69) is 29.4 Å². The standard InChI is InChI=1S/C15H27N3O2/c1-4-5-6-14(19)17-16-13-11-15(20-12(13)2)7-9-18(3)10-8-15/h12H,4-11H2,1-3H3,(H,17,19)/b16-13+. The van der Waals surface area contributed by atoms with Crippen LogP contribution in [0.1, 0.15) is 52.4 Å². The molecule has 1 N–H and O–H groups in total. The molecule has 2 aliphatic heterocycles. The molecule has 1 unspecified atom stereocenters. The summed E-state index contributed by atoms with van der Waals surface area (Å²) < 4.78 is 6.16. The number of hydrogen-bond donors (Lipinski definition) is 1. The topological polar surface area (TPSA) is 53.9 Å². The number of ether oxygens (including phenoxy) is 1. The molecule has 1 atom stereocenters. The van der Waals surface area contributed by atoms with E-state index in [4.69, 9.17) is 4.74 Å². The van der Waals surface area contributed by atoms with Gasteiger partial charge in [-0.05, 0) is 33.2 Å². The highest BCUT2D eigenvalue weighted by Crippen LogP contribution is 2.37. The molecule has 0 aromatic heterocycles. The largest absolute Gasteiger partial charge is 0.366 e. The fourth-order valence-corrected chi connectivity index (χ4v) is 2.94. The third kappa shape index (κ3) is 3.79. The van der Waals surface area contributed by atoms with Crippen LogP contribution in [0.3, 0.4) is 0 Å². The Morgan fingerprint density at radius 2 is 2.20 bits per heavy atom. The fraction of sp³-hybridized carbons (Fsp3) is 0.867. The van der Waals surface area contributed by atoms with Crippen LogP contribution in [0.25, 0.3) is 0 Å². The van der Waals surface area contributed by atoms with Crippen molar-refractivity contribution in [1.82, 2.24) is 10.3 Å². The number of likely N-dealkylation sites (tertiary alicyclic amines) is 1.